The van der Waals surface area contributed by atoms with Crippen molar-refractivity contribution in [2.75, 3.05) is 16.7 Å². The molecule has 0 radical (unpaired) electrons. The normalized spacial score (nSPS) is 11.6. The highest BCUT2D eigenvalue weighted by atomic mass is 32.2. The lowest BCUT2D eigenvalue weighted by atomic mass is 10.2. The molecule has 122 valence electrons. The van der Waals surface area contributed by atoms with Crippen LogP contribution in [0, 0.1) is 0 Å². The largest absolute Gasteiger partial charge is 0.755 e. The van der Waals surface area contributed by atoms with E-state index in [1.807, 2.05) is 12.1 Å². The highest BCUT2D eigenvalue weighted by molar-refractivity contribution is 7.80. The van der Waals surface area contributed by atoms with Crippen molar-refractivity contribution >= 4 is 28.5 Å². The summed E-state index contributed by atoms with van der Waals surface area (Å²) >= 11 is -2.41. The highest BCUT2D eigenvalue weighted by Crippen LogP contribution is 2.22. The number of hydrogen-bond donors (Lipinski definition) is 1. The minimum absolute atomic E-state index is 0.180. The molecule has 0 aromatic heterocycles. The van der Waals surface area contributed by atoms with Gasteiger partial charge in [0.2, 0.25) is 5.91 Å². The Hall–Kier alpha value is -2.38. The topological polar surface area (TPSA) is 81.7 Å². The Balaban J connectivity index is 2.17. The molecule has 0 saturated carbocycles. The minimum Gasteiger partial charge on any atom is -0.755 e. The number of methoxy groups -OCH3 is 1. The lowest BCUT2D eigenvalue weighted by Crippen LogP contribution is -2.24. The average molecular weight is 333 g/mol. The van der Waals surface area contributed by atoms with Gasteiger partial charge in [0.1, 0.15) is 5.75 Å². The Bertz CT molecular complexity index is 686. The molecule has 0 heterocycles. The Kier molecular flexibility index (Phi) is 5.72. The molecule has 0 spiro atoms. The summed E-state index contributed by atoms with van der Waals surface area (Å²) in [6.07, 6.45) is 0. The number of nitrogens with zero attached hydrogens (tertiary/aromatic N) is 1. The third-order valence-electron chi connectivity index (χ3n) is 3.14. The molecule has 2 aromatic rings. The summed E-state index contributed by atoms with van der Waals surface area (Å²) in [5.41, 5.74) is 1.96. The second-order valence-electron chi connectivity index (χ2n) is 4.83. The molecule has 0 bridgehead atoms. The van der Waals surface area contributed by atoms with Gasteiger partial charge >= 0.3 is 0 Å². The molecule has 1 N–H and O–H groups in total. The van der Waals surface area contributed by atoms with E-state index in [0.29, 0.717) is 17.1 Å². The van der Waals surface area contributed by atoms with Crippen molar-refractivity contribution in [1.29, 1.82) is 0 Å². The van der Waals surface area contributed by atoms with Crippen LogP contribution >= 0.6 is 0 Å². The predicted octanol–water partition coefficient (Wildman–Crippen LogP) is 2.45. The lowest BCUT2D eigenvalue weighted by molar-refractivity contribution is -0.114. The van der Waals surface area contributed by atoms with Crippen LogP contribution < -0.4 is 14.4 Å². The van der Waals surface area contributed by atoms with E-state index < -0.39 is 11.3 Å². The first-order chi connectivity index (χ1) is 11.0. The van der Waals surface area contributed by atoms with Gasteiger partial charge in [0.25, 0.3) is 0 Å². The first-order valence-corrected chi connectivity index (χ1v) is 7.90. The van der Waals surface area contributed by atoms with Crippen LogP contribution in [0.25, 0.3) is 0 Å². The van der Waals surface area contributed by atoms with Gasteiger partial charge in [-0.2, -0.15) is 0 Å². The predicted molar refractivity (Wildman–Crippen MR) is 88.8 cm³/mol. The third-order valence-corrected chi connectivity index (χ3v) is 3.84. The zero-order valence-corrected chi connectivity index (χ0v) is 13.6. The summed E-state index contributed by atoms with van der Waals surface area (Å²) in [7, 11) is 1.57. The summed E-state index contributed by atoms with van der Waals surface area (Å²) < 4.78 is 29.4. The maximum atomic E-state index is 11.5. The zero-order valence-electron chi connectivity index (χ0n) is 12.8. The zero-order chi connectivity index (χ0) is 16.8. The lowest BCUT2D eigenvalue weighted by Gasteiger charge is -2.26. The van der Waals surface area contributed by atoms with E-state index in [-0.39, 0.29) is 12.5 Å². The molecular formula is C16H17N2O4S-. The number of benzene rings is 2. The molecule has 0 aliphatic heterocycles. The third kappa shape index (κ3) is 4.80. The molecule has 0 saturated heterocycles. The Morgan fingerprint density at radius 1 is 1.17 bits per heavy atom. The number of hydrogen-bond acceptors (Lipinski definition) is 4. The van der Waals surface area contributed by atoms with Crippen molar-refractivity contribution < 1.29 is 18.3 Å². The van der Waals surface area contributed by atoms with Gasteiger partial charge in [-0.25, -0.2) is 0 Å². The van der Waals surface area contributed by atoms with Crippen LogP contribution in [0.15, 0.2) is 48.5 Å². The number of ether oxygens (including phenoxy) is 1. The quantitative estimate of drug-likeness (QED) is 0.823. The second-order valence-corrected chi connectivity index (χ2v) is 5.70. The van der Waals surface area contributed by atoms with E-state index in [1.165, 1.54) is 11.2 Å². The minimum atomic E-state index is -2.41. The number of rotatable bonds is 6. The molecule has 7 heteroatoms. The van der Waals surface area contributed by atoms with Crippen LogP contribution in [-0.4, -0.2) is 21.8 Å². The fraction of sp³-hybridized carbons (Fsp3) is 0.188. The Labute approximate surface area is 137 Å². The Morgan fingerprint density at radius 3 is 2.26 bits per heavy atom. The maximum absolute atomic E-state index is 11.5. The van der Waals surface area contributed by atoms with Gasteiger partial charge in [0.15, 0.2) is 0 Å². The average Bonchev–Trinajstić information content (AvgIpc) is 2.53. The summed E-state index contributed by atoms with van der Waals surface area (Å²) in [5, 5.41) is 2.64. The van der Waals surface area contributed by atoms with Gasteiger partial charge in [-0.15, -0.1) is 0 Å². The molecule has 0 fully saturated rings. The number of carbonyl (C=O) groups excluding carboxylic acids is 1. The molecule has 2 rings (SSSR count). The van der Waals surface area contributed by atoms with E-state index >= 15 is 0 Å². The smallest absolute Gasteiger partial charge is 0.221 e. The highest BCUT2D eigenvalue weighted by Gasteiger charge is 2.09. The fourth-order valence-corrected chi connectivity index (χ4v) is 2.59. The van der Waals surface area contributed by atoms with E-state index in [2.05, 4.69) is 5.32 Å². The Morgan fingerprint density at radius 2 is 1.78 bits per heavy atom. The number of amides is 1. The van der Waals surface area contributed by atoms with Gasteiger partial charge < -0.3 is 14.6 Å². The maximum Gasteiger partial charge on any atom is 0.221 e. The van der Waals surface area contributed by atoms with Crippen molar-refractivity contribution in [3.05, 3.63) is 54.1 Å². The number of anilines is 2. The van der Waals surface area contributed by atoms with E-state index in [1.54, 1.807) is 43.5 Å². The first-order valence-electron chi connectivity index (χ1n) is 6.87. The van der Waals surface area contributed by atoms with Gasteiger partial charge in [-0.05, 0) is 42.0 Å². The first kappa shape index (κ1) is 17.0. The molecule has 1 atom stereocenters. The molecule has 1 amide bonds. The summed E-state index contributed by atoms with van der Waals surface area (Å²) in [4.78, 5) is 11.0. The van der Waals surface area contributed by atoms with Crippen molar-refractivity contribution in [2.45, 2.75) is 13.5 Å². The van der Waals surface area contributed by atoms with E-state index in [4.69, 9.17) is 4.74 Å². The molecule has 2 aromatic carbocycles. The molecular weight excluding hydrogens is 316 g/mol. The van der Waals surface area contributed by atoms with Crippen molar-refractivity contribution in [3.8, 4) is 5.75 Å². The van der Waals surface area contributed by atoms with Crippen LogP contribution in [0.3, 0.4) is 0 Å². The second kappa shape index (κ2) is 7.75. The molecule has 1 unspecified atom stereocenters. The monoisotopic (exact) mass is 333 g/mol. The molecule has 0 aliphatic carbocycles. The summed E-state index contributed by atoms with van der Waals surface area (Å²) in [5.74, 6) is 0.531. The standard InChI is InChI=1S/C16H18N2O4S/c1-12(19)17-14-5-7-15(8-6-14)18(23(20)21)11-13-3-9-16(22-2)10-4-13/h3-10H,11H2,1-2H3,(H,17,19)(H,20,21)/p-1. The number of carbonyl (C=O) groups is 1. The number of nitrogens with one attached hydrogen (secondary N) is 1. The van der Waals surface area contributed by atoms with Gasteiger partial charge in [0, 0.05) is 29.6 Å². The van der Waals surface area contributed by atoms with Gasteiger partial charge in [-0.3, -0.25) is 13.3 Å². The van der Waals surface area contributed by atoms with Crippen molar-refractivity contribution in [3.63, 3.8) is 0 Å². The van der Waals surface area contributed by atoms with Crippen LogP contribution in [-0.2, 0) is 22.6 Å². The summed E-state index contributed by atoms with van der Waals surface area (Å²) in [6.45, 7) is 1.62. The molecule has 6 nitrogen and oxygen atoms in total. The van der Waals surface area contributed by atoms with Crippen molar-refractivity contribution in [1.82, 2.24) is 0 Å². The molecule has 23 heavy (non-hydrogen) atoms. The van der Waals surface area contributed by atoms with E-state index in [9.17, 15) is 13.6 Å². The van der Waals surface area contributed by atoms with Crippen LogP contribution in [0.4, 0.5) is 11.4 Å². The SMILES string of the molecule is COc1ccc(CN(c2ccc(NC(C)=O)cc2)S(=O)[O-])cc1. The van der Waals surface area contributed by atoms with E-state index in [0.717, 1.165) is 5.56 Å². The fourth-order valence-electron chi connectivity index (χ4n) is 2.04. The van der Waals surface area contributed by atoms with Gasteiger partial charge in [-0.1, -0.05) is 12.1 Å². The van der Waals surface area contributed by atoms with Crippen LogP contribution in [0.5, 0.6) is 5.75 Å². The summed E-state index contributed by atoms with van der Waals surface area (Å²) in [6, 6.07) is 13.8. The molecule has 0 aliphatic rings. The van der Waals surface area contributed by atoms with Crippen molar-refractivity contribution in [2.24, 2.45) is 0 Å². The van der Waals surface area contributed by atoms with Crippen LogP contribution in [0.1, 0.15) is 12.5 Å². The van der Waals surface area contributed by atoms with Crippen LogP contribution in [0.2, 0.25) is 0 Å². The van der Waals surface area contributed by atoms with Gasteiger partial charge in [0.05, 0.1) is 13.7 Å².